The van der Waals surface area contributed by atoms with Crippen LogP contribution < -0.4 is 15.8 Å². The number of hydrogen-bond acceptors (Lipinski definition) is 4. The van der Waals surface area contributed by atoms with Gasteiger partial charge in [0.2, 0.25) is 0 Å². The van der Waals surface area contributed by atoms with Gasteiger partial charge in [-0.15, -0.1) is 0 Å². The molecule has 0 bridgehead atoms. The molecule has 110 valence electrons. The van der Waals surface area contributed by atoms with Crippen molar-refractivity contribution in [3.05, 3.63) is 29.8 Å². The van der Waals surface area contributed by atoms with Crippen LogP contribution in [0.5, 0.6) is 5.75 Å². The van der Waals surface area contributed by atoms with Gasteiger partial charge in [-0.3, -0.25) is 4.79 Å². The van der Waals surface area contributed by atoms with E-state index in [1.54, 1.807) is 0 Å². The first kappa shape index (κ1) is 14.8. The molecule has 0 saturated carbocycles. The van der Waals surface area contributed by atoms with Crippen LogP contribution in [-0.2, 0) is 16.1 Å². The molecule has 2 rings (SSSR count). The second kappa shape index (κ2) is 7.87. The highest BCUT2D eigenvalue weighted by atomic mass is 16.5. The Morgan fingerprint density at radius 3 is 2.80 bits per heavy atom. The van der Waals surface area contributed by atoms with Crippen LogP contribution in [0.25, 0.3) is 0 Å². The molecule has 0 radical (unpaired) electrons. The van der Waals surface area contributed by atoms with E-state index in [2.05, 4.69) is 5.32 Å². The highest BCUT2D eigenvalue weighted by molar-refractivity contribution is 5.77. The highest BCUT2D eigenvalue weighted by Gasteiger charge is 2.14. The predicted octanol–water partition coefficient (Wildman–Crippen LogP) is 1.21. The van der Waals surface area contributed by atoms with Crippen LogP contribution in [0.15, 0.2) is 24.3 Å². The molecule has 20 heavy (non-hydrogen) atoms. The standard InChI is InChI=1S/C15H22N2O3/c16-9-12-4-6-13(7-5-12)20-11-15(18)17-10-14-3-1-2-8-19-14/h4-7,14H,1-3,8-11,16H2,(H,17,18). The summed E-state index contributed by atoms with van der Waals surface area (Å²) in [4.78, 5) is 11.7. The van der Waals surface area contributed by atoms with Gasteiger partial charge in [-0.25, -0.2) is 0 Å². The zero-order valence-electron chi connectivity index (χ0n) is 11.6. The first-order valence-electron chi connectivity index (χ1n) is 7.08. The third kappa shape index (κ3) is 4.83. The molecule has 0 aromatic heterocycles. The minimum absolute atomic E-state index is 0.0225. The van der Waals surface area contributed by atoms with Crippen LogP contribution >= 0.6 is 0 Å². The molecule has 1 aromatic carbocycles. The summed E-state index contributed by atoms with van der Waals surface area (Å²) in [5.41, 5.74) is 6.55. The Hall–Kier alpha value is -1.59. The van der Waals surface area contributed by atoms with Gasteiger partial charge in [-0.1, -0.05) is 12.1 Å². The summed E-state index contributed by atoms with van der Waals surface area (Å²) in [7, 11) is 0. The predicted molar refractivity (Wildman–Crippen MR) is 76.4 cm³/mol. The molecular formula is C15H22N2O3. The molecule has 1 atom stereocenters. The fourth-order valence-corrected chi connectivity index (χ4v) is 2.12. The van der Waals surface area contributed by atoms with Crippen LogP contribution in [0.3, 0.4) is 0 Å². The number of nitrogens with one attached hydrogen (secondary N) is 1. The van der Waals surface area contributed by atoms with Crippen LogP contribution in [0.2, 0.25) is 0 Å². The molecule has 0 aliphatic carbocycles. The van der Waals surface area contributed by atoms with Crippen molar-refractivity contribution < 1.29 is 14.3 Å². The molecule has 3 N–H and O–H groups in total. The van der Waals surface area contributed by atoms with Crippen molar-refractivity contribution in [2.75, 3.05) is 19.8 Å². The first-order chi connectivity index (χ1) is 9.78. The second-order valence-corrected chi connectivity index (χ2v) is 4.93. The molecule has 1 aliphatic rings. The summed E-state index contributed by atoms with van der Waals surface area (Å²) in [5, 5.41) is 2.84. The lowest BCUT2D eigenvalue weighted by molar-refractivity contribution is -0.124. The number of benzene rings is 1. The third-order valence-electron chi connectivity index (χ3n) is 3.33. The number of amides is 1. The maximum Gasteiger partial charge on any atom is 0.258 e. The quantitative estimate of drug-likeness (QED) is 0.820. The lowest BCUT2D eigenvalue weighted by Crippen LogP contribution is -2.37. The van der Waals surface area contributed by atoms with Gasteiger partial charge >= 0.3 is 0 Å². The highest BCUT2D eigenvalue weighted by Crippen LogP contribution is 2.12. The minimum atomic E-state index is -0.123. The molecule has 5 heteroatoms. The summed E-state index contributed by atoms with van der Waals surface area (Å²) in [6.45, 7) is 1.88. The van der Waals surface area contributed by atoms with Crippen molar-refractivity contribution in [3.8, 4) is 5.75 Å². The molecule has 1 heterocycles. The lowest BCUT2D eigenvalue weighted by Gasteiger charge is -2.22. The van der Waals surface area contributed by atoms with Crippen molar-refractivity contribution in [2.45, 2.75) is 31.9 Å². The average molecular weight is 278 g/mol. The maximum absolute atomic E-state index is 11.7. The molecule has 0 spiro atoms. The van der Waals surface area contributed by atoms with Crippen molar-refractivity contribution in [1.82, 2.24) is 5.32 Å². The lowest BCUT2D eigenvalue weighted by atomic mass is 10.1. The zero-order valence-corrected chi connectivity index (χ0v) is 11.6. The summed E-state index contributed by atoms with van der Waals surface area (Å²) >= 11 is 0. The fraction of sp³-hybridized carbons (Fsp3) is 0.533. The van der Waals surface area contributed by atoms with Crippen LogP contribution in [-0.4, -0.2) is 31.8 Å². The van der Waals surface area contributed by atoms with E-state index in [-0.39, 0.29) is 18.6 Å². The van der Waals surface area contributed by atoms with Gasteiger partial charge in [-0.2, -0.15) is 0 Å². The van der Waals surface area contributed by atoms with Crippen LogP contribution in [0, 0.1) is 0 Å². The van der Waals surface area contributed by atoms with E-state index < -0.39 is 0 Å². The maximum atomic E-state index is 11.7. The van der Waals surface area contributed by atoms with Gasteiger partial charge in [0.15, 0.2) is 6.61 Å². The number of carbonyl (C=O) groups is 1. The Morgan fingerprint density at radius 1 is 1.35 bits per heavy atom. The van der Waals surface area contributed by atoms with Crippen molar-refractivity contribution >= 4 is 5.91 Å². The van der Waals surface area contributed by atoms with Gasteiger partial charge in [-0.05, 0) is 37.0 Å². The Balaban J connectivity index is 1.66. The molecule has 1 saturated heterocycles. The molecule has 1 amide bonds. The second-order valence-electron chi connectivity index (χ2n) is 4.93. The Morgan fingerprint density at radius 2 is 2.15 bits per heavy atom. The molecular weight excluding hydrogens is 256 g/mol. The normalized spacial score (nSPS) is 18.6. The molecule has 1 unspecified atom stereocenters. The molecule has 1 aliphatic heterocycles. The summed E-state index contributed by atoms with van der Waals surface area (Å²) in [5.74, 6) is 0.549. The Bertz CT molecular complexity index is 414. The topological polar surface area (TPSA) is 73.6 Å². The van der Waals surface area contributed by atoms with Crippen LogP contribution in [0.4, 0.5) is 0 Å². The van der Waals surface area contributed by atoms with Gasteiger partial charge in [0.1, 0.15) is 5.75 Å². The number of carbonyl (C=O) groups excluding carboxylic acids is 1. The van der Waals surface area contributed by atoms with Crippen molar-refractivity contribution in [2.24, 2.45) is 5.73 Å². The minimum Gasteiger partial charge on any atom is -0.484 e. The smallest absolute Gasteiger partial charge is 0.258 e. The summed E-state index contributed by atoms with van der Waals surface area (Å²) < 4.78 is 11.0. The van der Waals surface area contributed by atoms with Gasteiger partial charge in [0.05, 0.1) is 6.10 Å². The van der Waals surface area contributed by atoms with E-state index >= 15 is 0 Å². The zero-order chi connectivity index (χ0) is 14.2. The first-order valence-corrected chi connectivity index (χ1v) is 7.08. The monoisotopic (exact) mass is 278 g/mol. The SMILES string of the molecule is NCc1ccc(OCC(=O)NCC2CCCCO2)cc1. The third-order valence-corrected chi connectivity index (χ3v) is 3.33. The largest absolute Gasteiger partial charge is 0.484 e. The Labute approximate surface area is 119 Å². The number of ether oxygens (including phenoxy) is 2. The molecule has 1 aromatic rings. The van der Waals surface area contributed by atoms with Gasteiger partial charge in [0, 0.05) is 19.7 Å². The summed E-state index contributed by atoms with van der Waals surface area (Å²) in [6.07, 6.45) is 3.45. The van der Waals surface area contributed by atoms with E-state index in [9.17, 15) is 4.79 Å². The Kier molecular flexibility index (Phi) is 5.83. The van der Waals surface area contributed by atoms with Crippen molar-refractivity contribution in [3.63, 3.8) is 0 Å². The van der Waals surface area contributed by atoms with Gasteiger partial charge < -0.3 is 20.5 Å². The van der Waals surface area contributed by atoms with Crippen molar-refractivity contribution in [1.29, 1.82) is 0 Å². The fourth-order valence-electron chi connectivity index (χ4n) is 2.12. The molecule has 5 nitrogen and oxygen atoms in total. The van der Waals surface area contributed by atoms with Crippen LogP contribution in [0.1, 0.15) is 24.8 Å². The average Bonchev–Trinajstić information content (AvgIpc) is 2.52. The van der Waals surface area contributed by atoms with E-state index in [4.69, 9.17) is 15.2 Å². The van der Waals surface area contributed by atoms with E-state index in [0.717, 1.165) is 25.0 Å². The molecule has 1 fully saturated rings. The van der Waals surface area contributed by atoms with Gasteiger partial charge in [0.25, 0.3) is 5.91 Å². The van der Waals surface area contributed by atoms with E-state index in [1.165, 1.54) is 6.42 Å². The number of hydrogen-bond donors (Lipinski definition) is 2. The number of nitrogens with two attached hydrogens (primary N) is 1. The number of rotatable bonds is 6. The summed E-state index contributed by atoms with van der Waals surface area (Å²) in [6, 6.07) is 7.42. The van der Waals surface area contributed by atoms with E-state index in [0.29, 0.717) is 18.8 Å². The van der Waals surface area contributed by atoms with E-state index in [1.807, 2.05) is 24.3 Å².